The van der Waals surface area contributed by atoms with E-state index < -0.39 is 0 Å². The number of hydrogen-bond acceptors (Lipinski definition) is 1. The molecule has 0 aromatic carbocycles. The highest BCUT2D eigenvalue weighted by Crippen LogP contribution is 2.26. The lowest BCUT2D eigenvalue weighted by Crippen LogP contribution is -2.46. The number of hydrogen-bond donors (Lipinski definition) is 1. The molecule has 2 heteroatoms. The number of amides is 1. The zero-order valence-electron chi connectivity index (χ0n) is 11.4. The van der Waals surface area contributed by atoms with E-state index in [2.05, 4.69) is 53.8 Å². The molecule has 0 saturated carbocycles. The van der Waals surface area contributed by atoms with Crippen LogP contribution in [0.15, 0.2) is 0 Å². The molecule has 0 fully saturated rings. The van der Waals surface area contributed by atoms with Crippen molar-refractivity contribution in [2.75, 3.05) is 0 Å². The first kappa shape index (κ1) is 14.5. The largest absolute Gasteiger partial charge is 0.351 e. The van der Waals surface area contributed by atoms with Crippen LogP contribution >= 0.6 is 0 Å². The van der Waals surface area contributed by atoms with E-state index >= 15 is 0 Å². The summed E-state index contributed by atoms with van der Waals surface area (Å²) in [5.74, 6) is 0.592. The minimum atomic E-state index is -0.107. The lowest BCUT2D eigenvalue weighted by molar-refractivity contribution is -0.123. The standard InChI is InChI=1S/C13H27NO/c1-10(2)8-11(15)14-13(6,7)9-12(3,4)5/h10H,8-9H2,1-7H3,(H,14,15). The third-order valence-electron chi connectivity index (χ3n) is 2.04. The van der Waals surface area contributed by atoms with Crippen LogP contribution in [0.4, 0.5) is 0 Å². The molecule has 0 radical (unpaired) electrons. The van der Waals surface area contributed by atoms with Crippen molar-refractivity contribution in [2.24, 2.45) is 11.3 Å². The van der Waals surface area contributed by atoms with E-state index in [9.17, 15) is 4.79 Å². The summed E-state index contributed by atoms with van der Waals surface area (Å²) >= 11 is 0. The van der Waals surface area contributed by atoms with Gasteiger partial charge in [-0.3, -0.25) is 4.79 Å². The van der Waals surface area contributed by atoms with E-state index in [4.69, 9.17) is 0 Å². The van der Waals surface area contributed by atoms with Gasteiger partial charge in [-0.05, 0) is 31.6 Å². The Morgan fingerprint density at radius 3 is 1.93 bits per heavy atom. The molecule has 0 rings (SSSR count). The molecule has 15 heavy (non-hydrogen) atoms. The Labute approximate surface area is 94.8 Å². The van der Waals surface area contributed by atoms with Crippen LogP contribution in [0, 0.1) is 11.3 Å². The number of nitrogens with one attached hydrogen (secondary N) is 1. The zero-order valence-corrected chi connectivity index (χ0v) is 11.4. The fourth-order valence-corrected chi connectivity index (χ4v) is 2.17. The van der Waals surface area contributed by atoms with Crippen LogP contribution in [0.2, 0.25) is 0 Å². The topological polar surface area (TPSA) is 29.1 Å². The van der Waals surface area contributed by atoms with Crippen molar-refractivity contribution in [3.8, 4) is 0 Å². The van der Waals surface area contributed by atoms with Crippen LogP contribution in [0.25, 0.3) is 0 Å². The van der Waals surface area contributed by atoms with Gasteiger partial charge in [-0.15, -0.1) is 0 Å². The van der Waals surface area contributed by atoms with Crippen molar-refractivity contribution in [2.45, 2.75) is 66.8 Å². The van der Waals surface area contributed by atoms with Crippen LogP contribution < -0.4 is 5.32 Å². The average Bonchev–Trinajstić information content (AvgIpc) is 1.73. The quantitative estimate of drug-likeness (QED) is 0.762. The fraction of sp³-hybridized carbons (Fsp3) is 0.923. The van der Waals surface area contributed by atoms with Gasteiger partial charge in [0.1, 0.15) is 0 Å². The summed E-state index contributed by atoms with van der Waals surface area (Å²) < 4.78 is 0. The lowest BCUT2D eigenvalue weighted by atomic mass is 9.81. The van der Waals surface area contributed by atoms with Crippen molar-refractivity contribution in [3.63, 3.8) is 0 Å². The predicted molar refractivity (Wildman–Crippen MR) is 65.7 cm³/mol. The summed E-state index contributed by atoms with van der Waals surface area (Å²) in [4.78, 5) is 11.6. The van der Waals surface area contributed by atoms with E-state index in [1.165, 1.54) is 0 Å². The molecule has 0 aliphatic rings. The second-order valence-electron chi connectivity index (χ2n) is 6.77. The van der Waals surface area contributed by atoms with E-state index in [-0.39, 0.29) is 16.9 Å². The van der Waals surface area contributed by atoms with E-state index in [0.717, 1.165) is 6.42 Å². The molecule has 0 aromatic heterocycles. The second-order valence-corrected chi connectivity index (χ2v) is 6.77. The summed E-state index contributed by atoms with van der Waals surface area (Å²) in [6.45, 7) is 14.9. The van der Waals surface area contributed by atoms with Crippen molar-refractivity contribution in [1.29, 1.82) is 0 Å². The summed E-state index contributed by atoms with van der Waals surface area (Å²) in [6, 6.07) is 0. The Bertz CT molecular complexity index is 211. The molecular weight excluding hydrogens is 186 g/mol. The molecule has 0 heterocycles. The number of carbonyl (C=O) groups is 1. The minimum Gasteiger partial charge on any atom is -0.351 e. The smallest absolute Gasteiger partial charge is 0.220 e. The third-order valence-corrected chi connectivity index (χ3v) is 2.04. The first-order valence-corrected chi connectivity index (χ1v) is 5.83. The van der Waals surface area contributed by atoms with Crippen LogP contribution in [0.3, 0.4) is 0 Å². The van der Waals surface area contributed by atoms with Crippen molar-refractivity contribution in [3.05, 3.63) is 0 Å². The van der Waals surface area contributed by atoms with Gasteiger partial charge in [0.25, 0.3) is 0 Å². The highest BCUT2D eigenvalue weighted by atomic mass is 16.1. The van der Waals surface area contributed by atoms with Gasteiger partial charge in [0.15, 0.2) is 0 Å². The molecule has 0 spiro atoms. The number of carbonyl (C=O) groups excluding carboxylic acids is 1. The fourth-order valence-electron chi connectivity index (χ4n) is 2.17. The Morgan fingerprint density at radius 1 is 1.13 bits per heavy atom. The summed E-state index contributed by atoms with van der Waals surface area (Å²) in [5.41, 5.74) is 0.138. The van der Waals surface area contributed by atoms with Gasteiger partial charge in [0.2, 0.25) is 5.91 Å². The normalized spacial score (nSPS) is 13.1. The zero-order chi connectivity index (χ0) is 12.3. The summed E-state index contributed by atoms with van der Waals surface area (Å²) in [7, 11) is 0. The average molecular weight is 213 g/mol. The number of rotatable bonds is 4. The Kier molecular flexibility index (Phi) is 4.82. The van der Waals surface area contributed by atoms with E-state index in [1.54, 1.807) is 0 Å². The molecule has 1 amide bonds. The Balaban J connectivity index is 4.19. The second kappa shape index (κ2) is 5.00. The van der Waals surface area contributed by atoms with Crippen LogP contribution in [0.5, 0.6) is 0 Å². The molecule has 0 atom stereocenters. The summed E-state index contributed by atoms with van der Waals surface area (Å²) in [6.07, 6.45) is 1.61. The minimum absolute atomic E-state index is 0.107. The van der Waals surface area contributed by atoms with Crippen LogP contribution in [-0.4, -0.2) is 11.4 Å². The van der Waals surface area contributed by atoms with Gasteiger partial charge in [-0.25, -0.2) is 0 Å². The molecule has 0 saturated heterocycles. The molecule has 0 bridgehead atoms. The van der Waals surface area contributed by atoms with Gasteiger partial charge >= 0.3 is 0 Å². The molecular formula is C13H27NO. The lowest BCUT2D eigenvalue weighted by Gasteiger charge is -2.33. The van der Waals surface area contributed by atoms with Crippen molar-refractivity contribution in [1.82, 2.24) is 5.32 Å². The molecule has 2 nitrogen and oxygen atoms in total. The Hall–Kier alpha value is -0.530. The maximum absolute atomic E-state index is 11.6. The maximum Gasteiger partial charge on any atom is 0.220 e. The van der Waals surface area contributed by atoms with Crippen molar-refractivity contribution >= 4 is 5.91 Å². The van der Waals surface area contributed by atoms with Crippen LogP contribution in [-0.2, 0) is 4.79 Å². The van der Waals surface area contributed by atoms with Crippen LogP contribution in [0.1, 0.15) is 61.3 Å². The summed E-state index contributed by atoms with van der Waals surface area (Å²) in [5, 5.41) is 3.11. The molecule has 0 aliphatic heterocycles. The van der Waals surface area contributed by atoms with Gasteiger partial charge in [0.05, 0.1) is 0 Å². The van der Waals surface area contributed by atoms with Gasteiger partial charge in [-0.1, -0.05) is 34.6 Å². The van der Waals surface area contributed by atoms with Gasteiger partial charge in [-0.2, -0.15) is 0 Å². The maximum atomic E-state index is 11.6. The first-order valence-electron chi connectivity index (χ1n) is 5.83. The molecule has 1 N–H and O–H groups in total. The first-order chi connectivity index (χ1) is 6.52. The monoisotopic (exact) mass is 213 g/mol. The molecule has 0 aliphatic carbocycles. The predicted octanol–water partition coefficient (Wildman–Crippen LogP) is 3.36. The SMILES string of the molecule is CC(C)CC(=O)NC(C)(C)CC(C)(C)C. The molecule has 0 unspecified atom stereocenters. The van der Waals surface area contributed by atoms with Gasteiger partial charge in [0, 0.05) is 12.0 Å². The van der Waals surface area contributed by atoms with Crippen molar-refractivity contribution < 1.29 is 4.79 Å². The van der Waals surface area contributed by atoms with E-state index in [1.807, 2.05) is 0 Å². The highest BCUT2D eigenvalue weighted by molar-refractivity contribution is 5.76. The molecule has 0 aromatic rings. The van der Waals surface area contributed by atoms with E-state index in [0.29, 0.717) is 12.3 Å². The third kappa shape index (κ3) is 8.46. The molecule has 90 valence electrons. The highest BCUT2D eigenvalue weighted by Gasteiger charge is 2.26. The Morgan fingerprint density at radius 2 is 1.60 bits per heavy atom. The van der Waals surface area contributed by atoms with Gasteiger partial charge < -0.3 is 5.32 Å².